The fourth-order valence-electron chi connectivity index (χ4n) is 2.28. The third kappa shape index (κ3) is 2.01. The van der Waals surface area contributed by atoms with Crippen molar-refractivity contribution in [3.05, 3.63) is 24.0 Å². The highest BCUT2D eigenvalue weighted by Crippen LogP contribution is 2.37. The maximum Gasteiger partial charge on any atom is 0.133 e. The number of carbonyl (C=O) groups excluding carboxylic acids is 1. The third-order valence-electron chi connectivity index (χ3n) is 3.30. The molecule has 0 radical (unpaired) electrons. The second kappa shape index (κ2) is 4.01. The molecule has 0 amide bonds. The molecule has 0 aromatic carbocycles. The number of anilines is 1. The molecule has 2 atom stereocenters. The van der Waals surface area contributed by atoms with Crippen molar-refractivity contribution in [1.82, 2.24) is 4.98 Å². The van der Waals surface area contributed by atoms with Crippen LogP contribution >= 0.6 is 0 Å². The summed E-state index contributed by atoms with van der Waals surface area (Å²) >= 11 is 0. The van der Waals surface area contributed by atoms with Gasteiger partial charge in [0.1, 0.15) is 5.78 Å². The van der Waals surface area contributed by atoms with Crippen LogP contribution < -0.4 is 5.73 Å². The largest absolute Gasteiger partial charge is 0.398 e. The van der Waals surface area contributed by atoms with E-state index in [1.165, 1.54) is 0 Å². The highest BCUT2D eigenvalue weighted by Gasteiger charge is 2.28. The average molecular weight is 204 g/mol. The second-order valence-electron chi connectivity index (χ2n) is 4.37. The predicted octanol–water partition coefficient (Wildman–Crippen LogP) is 2.14. The van der Waals surface area contributed by atoms with Crippen LogP contribution in [0.3, 0.4) is 0 Å². The Morgan fingerprint density at radius 1 is 1.53 bits per heavy atom. The van der Waals surface area contributed by atoms with E-state index in [9.17, 15) is 4.79 Å². The molecule has 3 nitrogen and oxygen atoms in total. The summed E-state index contributed by atoms with van der Waals surface area (Å²) in [6.07, 6.45) is 5.80. The summed E-state index contributed by atoms with van der Waals surface area (Å²) in [4.78, 5) is 15.5. The first-order chi connectivity index (χ1) is 7.18. The Labute approximate surface area is 89.7 Å². The lowest BCUT2D eigenvalue weighted by Gasteiger charge is -2.28. The van der Waals surface area contributed by atoms with Crippen LogP contribution in [0.2, 0.25) is 0 Å². The minimum atomic E-state index is 0.264. The van der Waals surface area contributed by atoms with Crippen molar-refractivity contribution in [1.29, 1.82) is 0 Å². The number of nitrogens with two attached hydrogens (primary N) is 1. The van der Waals surface area contributed by atoms with Gasteiger partial charge in [-0.2, -0.15) is 0 Å². The smallest absolute Gasteiger partial charge is 0.133 e. The van der Waals surface area contributed by atoms with E-state index in [0.717, 1.165) is 24.1 Å². The maximum absolute atomic E-state index is 11.4. The zero-order chi connectivity index (χ0) is 10.8. The van der Waals surface area contributed by atoms with Gasteiger partial charge in [-0.1, -0.05) is 6.92 Å². The Bertz CT molecular complexity index is 376. The van der Waals surface area contributed by atoms with Gasteiger partial charge in [0.25, 0.3) is 0 Å². The molecular formula is C12H16N2O. The molecule has 1 aromatic heterocycles. The highest BCUT2D eigenvalue weighted by molar-refractivity contribution is 5.80. The number of hydrogen-bond donors (Lipinski definition) is 1. The number of nitrogen functional groups attached to an aromatic ring is 1. The monoisotopic (exact) mass is 204 g/mol. The minimum absolute atomic E-state index is 0.264. The van der Waals surface area contributed by atoms with E-state index in [4.69, 9.17) is 5.73 Å². The van der Waals surface area contributed by atoms with Crippen LogP contribution in [0.15, 0.2) is 18.5 Å². The molecule has 1 aliphatic carbocycles. The minimum Gasteiger partial charge on any atom is -0.398 e. The van der Waals surface area contributed by atoms with Crippen molar-refractivity contribution in [2.24, 2.45) is 5.92 Å². The van der Waals surface area contributed by atoms with Gasteiger partial charge in [0, 0.05) is 30.9 Å². The number of hydrogen-bond acceptors (Lipinski definition) is 3. The van der Waals surface area contributed by atoms with Crippen molar-refractivity contribution >= 4 is 11.5 Å². The van der Waals surface area contributed by atoms with Crippen LogP contribution in [0, 0.1) is 5.92 Å². The van der Waals surface area contributed by atoms with E-state index in [1.807, 2.05) is 0 Å². The number of ketones is 1. The zero-order valence-corrected chi connectivity index (χ0v) is 8.94. The predicted molar refractivity (Wildman–Crippen MR) is 59.4 cm³/mol. The summed E-state index contributed by atoms with van der Waals surface area (Å²) in [7, 11) is 0. The first kappa shape index (κ1) is 10.1. The van der Waals surface area contributed by atoms with E-state index in [2.05, 4.69) is 11.9 Å². The van der Waals surface area contributed by atoms with Crippen molar-refractivity contribution in [3.8, 4) is 0 Å². The Morgan fingerprint density at radius 2 is 2.33 bits per heavy atom. The van der Waals surface area contributed by atoms with Crippen LogP contribution in [-0.2, 0) is 4.79 Å². The molecule has 1 fully saturated rings. The molecule has 1 aliphatic rings. The van der Waals surface area contributed by atoms with Gasteiger partial charge in [-0.05, 0) is 29.9 Å². The molecule has 1 aromatic rings. The van der Waals surface area contributed by atoms with Gasteiger partial charge in [0.15, 0.2) is 0 Å². The lowest BCUT2D eigenvalue weighted by Crippen LogP contribution is -2.22. The molecule has 0 spiro atoms. The van der Waals surface area contributed by atoms with Crippen molar-refractivity contribution in [3.63, 3.8) is 0 Å². The van der Waals surface area contributed by atoms with Gasteiger partial charge in [0.2, 0.25) is 0 Å². The molecule has 0 bridgehead atoms. The van der Waals surface area contributed by atoms with E-state index >= 15 is 0 Å². The second-order valence-corrected chi connectivity index (χ2v) is 4.37. The number of aromatic nitrogens is 1. The number of nitrogens with zero attached hydrogens (tertiary/aromatic N) is 1. The van der Waals surface area contributed by atoms with Gasteiger partial charge in [-0.25, -0.2) is 0 Å². The highest BCUT2D eigenvalue weighted by atomic mass is 16.1. The topological polar surface area (TPSA) is 56.0 Å². The summed E-state index contributed by atoms with van der Waals surface area (Å²) < 4.78 is 0. The molecule has 0 aliphatic heterocycles. The average Bonchev–Trinajstić information content (AvgIpc) is 2.23. The molecule has 80 valence electrons. The standard InChI is InChI=1S/C12H16N2O/c1-8-2-3-9(15)6-10(8)11-7-14-5-4-12(11)13/h4-5,7-8,10H,2-3,6H2,1H3,(H2,13,14). The van der Waals surface area contributed by atoms with Crippen LogP contribution in [0.1, 0.15) is 37.7 Å². The lowest BCUT2D eigenvalue weighted by molar-refractivity contribution is -0.121. The van der Waals surface area contributed by atoms with Crippen molar-refractivity contribution in [2.75, 3.05) is 5.73 Å². The normalized spacial score (nSPS) is 26.6. The molecule has 2 N–H and O–H groups in total. The van der Waals surface area contributed by atoms with E-state index in [-0.39, 0.29) is 5.92 Å². The molecule has 2 unspecified atom stereocenters. The Balaban J connectivity index is 2.29. The summed E-state index contributed by atoms with van der Waals surface area (Å²) in [5, 5.41) is 0. The summed E-state index contributed by atoms with van der Waals surface area (Å²) in [5.41, 5.74) is 7.71. The molecule has 0 saturated heterocycles. The van der Waals surface area contributed by atoms with E-state index in [1.54, 1.807) is 18.5 Å². The Kier molecular flexibility index (Phi) is 2.71. The van der Waals surface area contributed by atoms with Crippen molar-refractivity contribution in [2.45, 2.75) is 32.1 Å². The summed E-state index contributed by atoms with van der Waals surface area (Å²) in [5.74, 6) is 1.13. The quantitative estimate of drug-likeness (QED) is 0.762. The van der Waals surface area contributed by atoms with Gasteiger partial charge in [0.05, 0.1) is 0 Å². The van der Waals surface area contributed by atoms with E-state index in [0.29, 0.717) is 18.1 Å². The number of carbonyl (C=O) groups is 1. The molecule has 1 heterocycles. The van der Waals surface area contributed by atoms with Crippen LogP contribution in [0.25, 0.3) is 0 Å². The molecule has 2 rings (SSSR count). The number of pyridine rings is 1. The van der Waals surface area contributed by atoms with Crippen LogP contribution in [0.4, 0.5) is 5.69 Å². The van der Waals surface area contributed by atoms with Crippen LogP contribution in [-0.4, -0.2) is 10.8 Å². The third-order valence-corrected chi connectivity index (χ3v) is 3.30. The molecular weight excluding hydrogens is 188 g/mol. The Hall–Kier alpha value is -1.38. The Morgan fingerprint density at radius 3 is 3.07 bits per heavy atom. The maximum atomic E-state index is 11.4. The van der Waals surface area contributed by atoms with Gasteiger partial charge in [-0.3, -0.25) is 9.78 Å². The first-order valence-corrected chi connectivity index (χ1v) is 5.39. The van der Waals surface area contributed by atoms with Crippen molar-refractivity contribution < 1.29 is 4.79 Å². The molecule has 3 heteroatoms. The van der Waals surface area contributed by atoms with Gasteiger partial charge >= 0.3 is 0 Å². The fourth-order valence-corrected chi connectivity index (χ4v) is 2.28. The fraction of sp³-hybridized carbons (Fsp3) is 0.500. The van der Waals surface area contributed by atoms with Gasteiger partial charge < -0.3 is 5.73 Å². The zero-order valence-electron chi connectivity index (χ0n) is 8.94. The number of rotatable bonds is 1. The van der Waals surface area contributed by atoms with Gasteiger partial charge in [-0.15, -0.1) is 0 Å². The van der Waals surface area contributed by atoms with E-state index < -0.39 is 0 Å². The first-order valence-electron chi connectivity index (χ1n) is 5.39. The lowest BCUT2D eigenvalue weighted by atomic mass is 9.76. The summed E-state index contributed by atoms with van der Waals surface area (Å²) in [6, 6.07) is 1.81. The molecule has 1 saturated carbocycles. The molecule has 15 heavy (non-hydrogen) atoms. The van der Waals surface area contributed by atoms with Crippen LogP contribution in [0.5, 0.6) is 0 Å². The summed E-state index contributed by atoms with van der Waals surface area (Å²) in [6.45, 7) is 2.18. The number of Topliss-reactive ketones (excluding diaryl/α,β-unsaturated/α-hetero) is 1. The SMILES string of the molecule is CC1CCC(=O)CC1c1cnccc1N.